The van der Waals surface area contributed by atoms with Gasteiger partial charge in [-0.15, -0.1) is 11.3 Å². The number of rotatable bonds is 4. The van der Waals surface area contributed by atoms with Crippen molar-refractivity contribution < 1.29 is 9.15 Å². The third-order valence-electron chi connectivity index (χ3n) is 3.98. The van der Waals surface area contributed by atoms with Crippen LogP contribution in [-0.4, -0.2) is 12.1 Å². The first-order valence-electron chi connectivity index (χ1n) is 8.04. The third kappa shape index (κ3) is 3.17. The molecule has 0 spiro atoms. The molecule has 0 N–H and O–H groups in total. The Morgan fingerprint density at radius 2 is 1.88 bits per heavy atom. The monoisotopic (exact) mass is 361 g/mol. The summed E-state index contributed by atoms with van der Waals surface area (Å²) in [6.07, 6.45) is 3.86. The number of aromatic nitrogens is 1. The van der Waals surface area contributed by atoms with Gasteiger partial charge in [0.2, 0.25) is 0 Å². The minimum Gasteiger partial charge on any atom is -0.496 e. The van der Waals surface area contributed by atoms with Gasteiger partial charge in [-0.3, -0.25) is 0 Å². The molecule has 26 heavy (non-hydrogen) atoms. The van der Waals surface area contributed by atoms with Crippen molar-refractivity contribution in [1.82, 2.24) is 4.98 Å². The maximum Gasteiger partial charge on any atom is 0.345 e. The molecule has 0 saturated heterocycles. The molecule has 2 aromatic carbocycles. The smallest absolute Gasteiger partial charge is 0.345 e. The Balaban J connectivity index is 1.67. The van der Waals surface area contributed by atoms with E-state index in [-0.39, 0.29) is 5.63 Å². The van der Waals surface area contributed by atoms with Gasteiger partial charge in [-0.25, -0.2) is 9.78 Å². The van der Waals surface area contributed by atoms with E-state index in [2.05, 4.69) is 4.98 Å². The van der Waals surface area contributed by atoms with Gasteiger partial charge in [0.05, 0.1) is 18.4 Å². The van der Waals surface area contributed by atoms with Crippen molar-refractivity contribution in [2.24, 2.45) is 0 Å². The van der Waals surface area contributed by atoms with Crippen molar-refractivity contribution in [2.45, 2.75) is 0 Å². The van der Waals surface area contributed by atoms with E-state index in [1.165, 1.54) is 11.3 Å². The zero-order chi connectivity index (χ0) is 17.9. The minimum atomic E-state index is -0.380. The van der Waals surface area contributed by atoms with Crippen LogP contribution in [0.1, 0.15) is 10.6 Å². The number of benzene rings is 2. The first-order chi connectivity index (χ1) is 12.7. The molecule has 0 saturated carbocycles. The van der Waals surface area contributed by atoms with Gasteiger partial charge < -0.3 is 9.15 Å². The van der Waals surface area contributed by atoms with E-state index in [9.17, 15) is 4.79 Å². The summed E-state index contributed by atoms with van der Waals surface area (Å²) < 4.78 is 10.7. The zero-order valence-corrected chi connectivity index (χ0v) is 14.8. The Hall–Kier alpha value is -3.18. The van der Waals surface area contributed by atoms with Crippen molar-refractivity contribution in [3.8, 4) is 17.0 Å². The summed E-state index contributed by atoms with van der Waals surface area (Å²) >= 11 is 1.47. The van der Waals surface area contributed by atoms with Crippen molar-refractivity contribution in [2.75, 3.05) is 7.11 Å². The molecule has 0 amide bonds. The van der Waals surface area contributed by atoms with Gasteiger partial charge >= 0.3 is 5.63 Å². The molecule has 4 rings (SSSR count). The van der Waals surface area contributed by atoms with Crippen LogP contribution < -0.4 is 10.4 Å². The lowest BCUT2D eigenvalue weighted by molar-refractivity contribution is 0.414. The Morgan fingerprint density at radius 1 is 1.08 bits per heavy atom. The van der Waals surface area contributed by atoms with E-state index in [1.54, 1.807) is 13.2 Å². The number of para-hydroxylation sites is 2. The van der Waals surface area contributed by atoms with E-state index in [1.807, 2.05) is 66.1 Å². The summed E-state index contributed by atoms with van der Waals surface area (Å²) in [6.45, 7) is 0. The van der Waals surface area contributed by atoms with Crippen LogP contribution in [0.25, 0.3) is 34.4 Å². The summed E-state index contributed by atoms with van der Waals surface area (Å²) in [7, 11) is 1.65. The largest absolute Gasteiger partial charge is 0.496 e. The van der Waals surface area contributed by atoms with E-state index < -0.39 is 0 Å². The number of thiazole rings is 1. The topological polar surface area (TPSA) is 52.3 Å². The highest BCUT2D eigenvalue weighted by Crippen LogP contribution is 2.25. The zero-order valence-electron chi connectivity index (χ0n) is 14.0. The van der Waals surface area contributed by atoms with Gasteiger partial charge in [0, 0.05) is 16.3 Å². The summed E-state index contributed by atoms with van der Waals surface area (Å²) in [5, 5.41) is 3.54. The second kappa shape index (κ2) is 6.98. The summed E-state index contributed by atoms with van der Waals surface area (Å²) in [6, 6.07) is 17.0. The molecule has 128 valence electrons. The highest BCUT2D eigenvalue weighted by Gasteiger charge is 2.10. The number of hydrogen-bond donors (Lipinski definition) is 0. The fourth-order valence-corrected chi connectivity index (χ4v) is 3.40. The Morgan fingerprint density at radius 3 is 2.77 bits per heavy atom. The van der Waals surface area contributed by atoms with Gasteiger partial charge in [-0.1, -0.05) is 36.4 Å². The molecule has 2 heterocycles. The molecule has 5 heteroatoms. The van der Waals surface area contributed by atoms with Crippen molar-refractivity contribution in [3.63, 3.8) is 0 Å². The van der Waals surface area contributed by atoms with Crippen LogP contribution in [0.15, 0.2) is 69.2 Å². The highest BCUT2D eigenvalue weighted by molar-refractivity contribution is 7.10. The van der Waals surface area contributed by atoms with Gasteiger partial charge in [0.25, 0.3) is 0 Å². The van der Waals surface area contributed by atoms with Gasteiger partial charge in [0.15, 0.2) is 0 Å². The average molecular weight is 361 g/mol. The molecule has 0 fully saturated rings. The normalized spacial score (nSPS) is 11.3. The average Bonchev–Trinajstić information content (AvgIpc) is 3.14. The predicted octanol–water partition coefficient (Wildman–Crippen LogP) is 5.10. The van der Waals surface area contributed by atoms with Crippen LogP contribution >= 0.6 is 11.3 Å². The fourth-order valence-electron chi connectivity index (χ4n) is 2.69. The number of ether oxygens (including phenoxy) is 1. The van der Waals surface area contributed by atoms with Crippen LogP contribution in [0.2, 0.25) is 0 Å². The number of nitrogens with zero attached hydrogens (tertiary/aromatic N) is 1. The van der Waals surface area contributed by atoms with Gasteiger partial charge in [-0.2, -0.15) is 0 Å². The maximum absolute atomic E-state index is 12.3. The first-order valence-corrected chi connectivity index (χ1v) is 8.92. The molecular formula is C21H15NO3S. The lowest BCUT2D eigenvalue weighted by Crippen LogP contribution is -2.02. The Labute approximate surface area is 154 Å². The molecular weight excluding hydrogens is 346 g/mol. The van der Waals surface area contributed by atoms with Crippen LogP contribution in [0, 0.1) is 0 Å². The molecule has 4 nitrogen and oxygen atoms in total. The second-order valence-corrected chi connectivity index (χ2v) is 6.52. The first kappa shape index (κ1) is 16.3. The summed E-state index contributed by atoms with van der Waals surface area (Å²) in [5.74, 6) is 0.802. The fraction of sp³-hybridized carbons (Fsp3) is 0.0476. The summed E-state index contributed by atoms with van der Waals surface area (Å²) in [4.78, 5) is 16.8. The molecule has 0 radical (unpaired) electrons. The third-order valence-corrected chi connectivity index (χ3v) is 4.79. The Bertz CT molecular complexity index is 1160. The summed E-state index contributed by atoms with van der Waals surface area (Å²) in [5.41, 5.74) is 2.25. The molecule has 0 aliphatic heterocycles. The quantitative estimate of drug-likeness (QED) is 0.475. The second-order valence-electron chi connectivity index (χ2n) is 5.63. The Kier molecular flexibility index (Phi) is 4.37. The van der Waals surface area contributed by atoms with E-state index in [0.29, 0.717) is 16.8 Å². The minimum absolute atomic E-state index is 0.380. The molecule has 4 aromatic rings. The molecule has 0 bridgehead atoms. The standard InChI is InChI=1S/C21H15NO3S/c1-24-18-8-4-2-6-14(18)10-11-20-22-17(13-26-20)16-12-15-7-3-5-9-19(15)25-21(16)23/h2-13H,1H3/b11-10+. The molecule has 0 atom stereocenters. The van der Waals surface area contributed by atoms with E-state index >= 15 is 0 Å². The highest BCUT2D eigenvalue weighted by atomic mass is 32.1. The van der Waals surface area contributed by atoms with Gasteiger partial charge in [0.1, 0.15) is 16.3 Å². The van der Waals surface area contributed by atoms with Crippen molar-refractivity contribution in [3.05, 3.63) is 81.0 Å². The number of fused-ring (bicyclic) bond motifs is 1. The predicted molar refractivity (Wildman–Crippen MR) is 106 cm³/mol. The molecule has 0 aliphatic rings. The van der Waals surface area contributed by atoms with Crippen molar-refractivity contribution in [1.29, 1.82) is 0 Å². The van der Waals surface area contributed by atoms with E-state index in [4.69, 9.17) is 9.15 Å². The van der Waals surface area contributed by atoms with E-state index in [0.717, 1.165) is 21.7 Å². The van der Waals surface area contributed by atoms with Gasteiger partial charge in [-0.05, 0) is 30.4 Å². The maximum atomic E-state index is 12.3. The molecule has 2 aromatic heterocycles. The number of hydrogen-bond acceptors (Lipinski definition) is 5. The van der Waals surface area contributed by atoms with Crippen LogP contribution in [0.4, 0.5) is 0 Å². The lowest BCUT2D eigenvalue weighted by Gasteiger charge is -2.02. The lowest BCUT2D eigenvalue weighted by atomic mass is 10.1. The van der Waals surface area contributed by atoms with Crippen LogP contribution in [0.5, 0.6) is 5.75 Å². The van der Waals surface area contributed by atoms with Crippen molar-refractivity contribution >= 4 is 34.5 Å². The number of methoxy groups -OCH3 is 1. The van der Waals surface area contributed by atoms with Crippen LogP contribution in [0.3, 0.4) is 0 Å². The van der Waals surface area contributed by atoms with Crippen LogP contribution in [-0.2, 0) is 0 Å². The molecule has 0 aliphatic carbocycles. The molecule has 0 unspecified atom stereocenters. The SMILES string of the molecule is COc1ccccc1/C=C/c1nc(-c2cc3ccccc3oc2=O)cs1.